The summed E-state index contributed by atoms with van der Waals surface area (Å²) in [7, 11) is -9.89. The van der Waals surface area contributed by atoms with E-state index in [-0.39, 0.29) is 25.7 Å². The van der Waals surface area contributed by atoms with Gasteiger partial charge in [0.1, 0.15) is 19.3 Å². The van der Waals surface area contributed by atoms with E-state index in [0.717, 1.165) is 115 Å². The molecular formula is C68H132O17P2. The Labute approximate surface area is 530 Å². The van der Waals surface area contributed by atoms with Crippen molar-refractivity contribution in [3.05, 3.63) is 0 Å². The first-order valence-electron chi connectivity index (χ1n) is 35.5. The summed E-state index contributed by atoms with van der Waals surface area (Å²) in [5.74, 6) is -0.558. The predicted octanol–water partition coefficient (Wildman–Crippen LogP) is 19.2. The highest BCUT2D eigenvalue weighted by Gasteiger charge is 2.30. The standard InChI is InChI=1S/C68H132O17P2/c1-7-10-12-14-16-17-22-26-34-40-46-52-67(72)84-63(56-78-65(70)50-44-38-30-15-13-11-8-2)58-82-86(74,75)80-54-62(69)55-81-87(76,77)83-59-64(57-79-66(71)51-45-39-33-29-28-32-37-43-49-61(6)9-3)85-68(73)53-47-41-35-27-24-21-19-18-20-23-25-31-36-42-48-60(4)5/h60-64,69H,7-59H2,1-6H3,(H,74,75)(H,76,77)/t61?,62-,63+,64+/m0/s1. The minimum atomic E-state index is -4.95. The average Bonchev–Trinajstić information content (AvgIpc) is 3.66. The summed E-state index contributed by atoms with van der Waals surface area (Å²) in [4.78, 5) is 72.3. The van der Waals surface area contributed by atoms with Crippen LogP contribution in [0.3, 0.4) is 0 Å². The summed E-state index contributed by atoms with van der Waals surface area (Å²) in [5.41, 5.74) is 0. The summed E-state index contributed by atoms with van der Waals surface area (Å²) in [5, 5.41) is 10.6. The SMILES string of the molecule is CCCCCCCCCCCCCC(=O)O[C@H](COC(=O)CCCCCCCCC)COP(=O)(O)OC[C@H](O)COP(=O)(O)OC[C@@H](COC(=O)CCCCCCCCCCC(C)CC)OC(=O)CCCCCCCCCCCCCCCCC(C)C. The van der Waals surface area contributed by atoms with Crippen LogP contribution in [0.25, 0.3) is 0 Å². The molecule has 3 unspecified atom stereocenters. The molecule has 0 heterocycles. The van der Waals surface area contributed by atoms with E-state index in [4.69, 9.17) is 37.0 Å². The minimum Gasteiger partial charge on any atom is -0.462 e. The lowest BCUT2D eigenvalue weighted by atomic mass is 9.99. The van der Waals surface area contributed by atoms with Crippen molar-refractivity contribution in [3.8, 4) is 0 Å². The molecule has 3 N–H and O–H groups in total. The van der Waals surface area contributed by atoms with Crippen molar-refractivity contribution in [1.82, 2.24) is 0 Å². The summed E-state index contributed by atoms with van der Waals surface area (Å²) in [6, 6.07) is 0. The number of rotatable bonds is 67. The first kappa shape index (κ1) is 85.1. The van der Waals surface area contributed by atoms with Crippen molar-refractivity contribution < 1.29 is 80.2 Å². The third kappa shape index (κ3) is 61.3. The molecule has 516 valence electrons. The summed E-state index contributed by atoms with van der Waals surface area (Å²) >= 11 is 0. The molecule has 0 spiro atoms. The van der Waals surface area contributed by atoms with Crippen molar-refractivity contribution in [2.45, 2.75) is 362 Å². The van der Waals surface area contributed by atoms with Crippen molar-refractivity contribution >= 4 is 39.5 Å². The van der Waals surface area contributed by atoms with Crippen LogP contribution in [0.15, 0.2) is 0 Å². The van der Waals surface area contributed by atoms with Gasteiger partial charge in [-0.2, -0.15) is 0 Å². The summed E-state index contributed by atoms with van der Waals surface area (Å²) < 4.78 is 68.1. The fourth-order valence-corrected chi connectivity index (χ4v) is 11.8. The van der Waals surface area contributed by atoms with Crippen LogP contribution < -0.4 is 0 Å². The van der Waals surface area contributed by atoms with Gasteiger partial charge in [-0.25, -0.2) is 9.13 Å². The van der Waals surface area contributed by atoms with Crippen LogP contribution in [-0.2, 0) is 65.4 Å². The van der Waals surface area contributed by atoms with Crippen molar-refractivity contribution in [1.29, 1.82) is 0 Å². The minimum absolute atomic E-state index is 0.106. The molecule has 17 nitrogen and oxygen atoms in total. The number of aliphatic hydroxyl groups is 1. The van der Waals surface area contributed by atoms with Crippen molar-refractivity contribution in [2.75, 3.05) is 39.6 Å². The van der Waals surface area contributed by atoms with E-state index in [1.807, 2.05) is 0 Å². The molecule has 0 aliphatic carbocycles. The molecule has 0 amide bonds. The second-order valence-electron chi connectivity index (χ2n) is 25.3. The van der Waals surface area contributed by atoms with Crippen molar-refractivity contribution in [3.63, 3.8) is 0 Å². The van der Waals surface area contributed by atoms with Gasteiger partial charge in [0.25, 0.3) is 0 Å². The monoisotopic (exact) mass is 1280 g/mol. The normalized spacial score (nSPS) is 14.5. The molecule has 0 rings (SSSR count). The van der Waals surface area contributed by atoms with E-state index < -0.39 is 97.5 Å². The fraction of sp³-hybridized carbons (Fsp3) is 0.941. The number of phosphoric ester groups is 2. The first-order valence-corrected chi connectivity index (χ1v) is 38.5. The maximum absolute atomic E-state index is 13.0. The van der Waals surface area contributed by atoms with E-state index in [9.17, 15) is 43.2 Å². The molecule has 0 aliphatic rings. The molecule has 0 radical (unpaired) electrons. The zero-order valence-corrected chi connectivity index (χ0v) is 58.1. The molecule has 0 aromatic heterocycles. The number of aliphatic hydroxyl groups excluding tert-OH is 1. The summed E-state index contributed by atoms with van der Waals surface area (Å²) in [6.45, 7) is 9.51. The van der Waals surface area contributed by atoms with Crippen LogP contribution >= 0.6 is 15.6 Å². The molecule has 0 aromatic rings. The molecule has 0 bridgehead atoms. The number of esters is 4. The van der Waals surface area contributed by atoms with Crippen molar-refractivity contribution in [2.24, 2.45) is 11.8 Å². The average molecular weight is 1280 g/mol. The molecule has 0 saturated heterocycles. The van der Waals surface area contributed by atoms with E-state index >= 15 is 0 Å². The van der Waals surface area contributed by atoms with Gasteiger partial charge in [-0.3, -0.25) is 37.3 Å². The van der Waals surface area contributed by atoms with Crippen LogP contribution in [0.2, 0.25) is 0 Å². The lowest BCUT2D eigenvalue weighted by molar-refractivity contribution is -0.161. The van der Waals surface area contributed by atoms with E-state index in [1.165, 1.54) is 148 Å². The maximum atomic E-state index is 13.0. The number of hydrogen-bond acceptors (Lipinski definition) is 15. The Bertz CT molecular complexity index is 1700. The highest BCUT2D eigenvalue weighted by atomic mass is 31.2. The summed E-state index contributed by atoms with van der Waals surface area (Å²) in [6.07, 6.45) is 44.4. The molecule has 0 aliphatic heterocycles. The van der Waals surface area contributed by atoms with Gasteiger partial charge < -0.3 is 33.8 Å². The zero-order valence-electron chi connectivity index (χ0n) is 56.3. The highest BCUT2D eigenvalue weighted by Crippen LogP contribution is 2.45. The Hall–Kier alpha value is -1.94. The van der Waals surface area contributed by atoms with Gasteiger partial charge in [0, 0.05) is 25.7 Å². The quantitative estimate of drug-likeness (QED) is 0.0222. The van der Waals surface area contributed by atoms with E-state index in [1.54, 1.807) is 0 Å². The van der Waals surface area contributed by atoms with Crippen LogP contribution in [0, 0.1) is 11.8 Å². The van der Waals surface area contributed by atoms with Crippen LogP contribution in [-0.4, -0.2) is 96.7 Å². The van der Waals surface area contributed by atoms with E-state index in [0.29, 0.717) is 25.7 Å². The lowest BCUT2D eigenvalue weighted by Gasteiger charge is -2.21. The number of unbranched alkanes of at least 4 members (excludes halogenated alkanes) is 36. The number of carbonyl (C=O) groups is 4. The van der Waals surface area contributed by atoms with Gasteiger partial charge in [0.15, 0.2) is 12.2 Å². The van der Waals surface area contributed by atoms with Crippen LogP contribution in [0.1, 0.15) is 343 Å². The Morgan fingerprint density at radius 1 is 0.333 bits per heavy atom. The Balaban J connectivity index is 5.20. The topological polar surface area (TPSA) is 237 Å². The number of ether oxygens (including phenoxy) is 4. The molecule has 6 atom stereocenters. The third-order valence-corrected chi connectivity index (χ3v) is 18.0. The Kier molecular flexibility index (Phi) is 59.0. The van der Waals surface area contributed by atoms with Gasteiger partial charge in [0.05, 0.1) is 26.4 Å². The molecule has 0 fully saturated rings. The Morgan fingerprint density at radius 2 is 0.586 bits per heavy atom. The first-order chi connectivity index (χ1) is 41.9. The molecule has 87 heavy (non-hydrogen) atoms. The van der Waals surface area contributed by atoms with Crippen LogP contribution in [0.5, 0.6) is 0 Å². The van der Waals surface area contributed by atoms with Crippen LogP contribution in [0.4, 0.5) is 0 Å². The Morgan fingerprint density at radius 3 is 0.874 bits per heavy atom. The van der Waals surface area contributed by atoms with Gasteiger partial charge in [-0.15, -0.1) is 0 Å². The van der Waals surface area contributed by atoms with Gasteiger partial charge in [-0.1, -0.05) is 292 Å². The number of hydrogen-bond donors (Lipinski definition) is 3. The molecule has 0 saturated carbocycles. The smallest absolute Gasteiger partial charge is 0.462 e. The molecule has 0 aromatic carbocycles. The molecule has 19 heteroatoms. The second-order valence-corrected chi connectivity index (χ2v) is 28.2. The second kappa shape index (κ2) is 60.3. The number of carbonyl (C=O) groups excluding carboxylic acids is 4. The largest absolute Gasteiger partial charge is 0.472 e. The van der Waals surface area contributed by atoms with Gasteiger partial charge >= 0.3 is 39.5 Å². The van der Waals surface area contributed by atoms with Gasteiger partial charge in [0.2, 0.25) is 0 Å². The predicted molar refractivity (Wildman–Crippen MR) is 349 cm³/mol. The fourth-order valence-electron chi connectivity index (χ4n) is 10.2. The van der Waals surface area contributed by atoms with E-state index in [2.05, 4.69) is 41.5 Å². The van der Waals surface area contributed by atoms with Gasteiger partial charge in [-0.05, 0) is 37.5 Å². The highest BCUT2D eigenvalue weighted by molar-refractivity contribution is 7.47. The molecular weight excluding hydrogens is 1150 g/mol. The zero-order chi connectivity index (χ0) is 64.3. The maximum Gasteiger partial charge on any atom is 0.472 e. The lowest BCUT2D eigenvalue weighted by Crippen LogP contribution is -2.30. The number of phosphoric acid groups is 2. The third-order valence-electron chi connectivity index (χ3n) is 16.1.